The average Bonchev–Trinajstić information content (AvgIpc) is 2.53. The Hall–Kier alpha value is -2.34. The second kappa shape index (κ2) is 8.19. The molecule has 114 valence electrons. The number of halogens is 1. The van der Waals surface area contributed by atoms with Gasteiger partial charge in [-0.3, -0.25) is 10.1 Å². The summed E-state index contributed by atoms with van der Waals surface area (Å²) in [4.78, 5) is 24.0. The maximum atomic E-state index is 12.7. The quantitative estimate of drug-likeness (QED) is 0.833. The molecule has 0 fully saturated rings. The Bertz CT molecular complexity index is 632. The maximum Gasteiger partial charge on any atom is 0.321 e. The summed E-state index contributed by atoms with van der Waals surface area (Å²) in [6.07, 6.45) is 0. The van der Waals surface area contributed by atoms with Crippen LogP contribution in [0.2, 0.25) is 0 Å². The summed E-state index contributed by atoms with van der Waals surface area (Å²) in [6, 6.07) is 14.7. The van der Waals surface area contributed by atoms with Gasteiger partial charge >= 0.3 is 6.03 Å². The Labute approximate surface area is 132 Å². The molecule has 0 spiro atoms. The summed E-state index contributed by atoms with van der Waals surface area (Å²) in [6.45, 7) is 0.352. The van der Waals surface area contributed by atoms with E-state index in [0.29, 0.717) is 6.54 Å². The third-order valence-corrected chi connectivity index (χ3v) is 3.74. The SMILES string of the molecule is O=C(CSc1ccc(F)cc1)NC(=O)NCc1ccccc1. The summed E-state index contributed by atoms with van der Waals surface area (Å²) in [5.41, 5.74) is 0.950. The van der Waals surface area contributed by atoms with Gasteiger partial charge in [-0.1, -0.05) is 30.3 Å². The second-order valence-electron chi connectivity index (χ2n) is 4.46. The first-order chi connectivity index (χ1) is 10.6. The lowest BCUT2D eigenvalue weighted by Gasteiger charge is -2.06. The van der Waals surface area contributed by atoms with Crippen LogP contribution in [0.25, 0.3) is 0 Å². The molecule has 3 amide bonds. The zero-order valence-electron chi connectivity index (χ0n) is 11.7. The van der Waals surface area contributed by atoms with Gasteiger partial charge in [0.1, 0.15) is 5.82 Å². The van der Waals surface area contributed by atoms with Gasteiger partial charge < -0.3 is 5.32 Å². The lowest BCUT2D eigenvalue weighted by molar-refractivity contribution is -0.117. The minimum atomic E-state index is -0.534. The maximum absolute atomic E-state index is 12.7. The fourth-order valence-corrected chi connectivity index (χ4v) is 2.36. The van der Waals surface area contributed by atoms with Gasteiger partial charge in [0.2, 0.25) is 5.91 Å². The van der Waals surface area contributed by atoms with E-state index >= 15 is 0 Å². The molecule has 0 radical (unpaired) electrons. The van der Waals surface area contributed by atoms with Gasteiger partial charge in [0, 0.05) is 11.4 Å². The van der Waals surface area contributed by atoms with Crippen LogP contribution in [-0.2, 0) is 11.3 Å². The molecule has 6 heteroatoms. The van der Waals surface area contributed by atoms with E-state index in [0.717, 1.165) is 10.5 Å². The van der Waals surface area contributed by atoms with Crippen molar-refractivity contribution in [2.24, 2.45) is 0 Å². The van der Waals surface area contributed by atoms with Crippen LogP contribution in [0, 0.1) is 5.82 Å². The van der Waals surface area contributed by atoms with E-state index in [2.05, 4.69) is 10.6 Å². The van der Waals surface area contributed by atoms with E-state index in [4.69, 9.17) is 0 Å². The van der Waals surface area contributed by atoms with Gasteiger partial charge in [-0.2, -0.15) is 0 Å². The standard InChI is InChI=1S/C16H15FN2O2S/c17-13-6-8-14(9-7-13)22-11-15(20)19-16(21)18-10-12-4-2-1-3-5-12/h1-9H,10-11H2,(H2,18,19,20,21). The Balaban J connectivity index is 1.70. The minimum absolute atomic E-state index is 0.0877. The first-order valence-electron chi connectivity index (χ1n) is 6.63. The molecule has 0 saturated carbocycles. The zero-order valence-corrected chi connectivity index (χ0v) is 12.5. The monoisotopic (exact) mass is 318 g/mol. The molecule has 0 aromatic heterocycles. The molecule has 0 heterocycles. The van der Waals surface area contributed by atoms with Crippen LogP contribution in [0.4, 0.5) is 9.18 Å². The van der Waals surface area contributed by atoms with Gasteiger partial charge in [-0.05, 0) is 29.8 Å². The summed E-state index contributed by atoms with van der Waals surface area (Å²) in [7, 11) is 0. The van der Waals surface area contributed by atoms with Crippen molar-refractivity contribution < 1.29 is 14.0 Å². The van der Waals surface area contributed by atoms with Gasteiger partial charge in [-0.25, -0.2) is 9.18 Å². The van der Waals surface area contributed by atoms with Crippen LogP contribution in [0.1, 0.15) is 5.56 Å². The predicted octanol–water partition coefficient (Wildman–Crippen LogP) is 2.94. The van der Waals surface area contributed by atoms with Crippen LogP contribution in [0.3, 0.4) is 0 Å². The summed E-state index contributed by atoms with van der Waals surface area (Å²) < 4.78 is 12.7. The van der Waals surface area contributed by atoms with Crippen molar-refractivity contribution in [2.75, 3.05) is 5.75 Å². The molecule has 0 aliphatic heterocycles. The van der Waals surface area contributed by atoms with E-state index in [1.807, 2.05) is 30.3 Å². The second-order valence-corrected chi connectivity index (χ2v) is 5.51. The van der Waals surface area contributed by atoms with Crippen molar-refractivity contribution in [1.82, 2.24) is 10.6 Å². The Morgan fingerprint density at radius 3 is 2.36 bits per heavy atom. The van der Waals surface area contributed by atoms with Crippen molar-refractivity contribution in [2.45, 2.75) is 11.4 Å². The average molecular weight is 318 g/mol. The van der Waals surface area contributed by atoms with Crippen molar-refractivity contribution in [1.29, 1.82) is 0 Å². The van der Waals surface area contributed by atoms with Crippen LogP contribution < -0.4 is 10.6 Å². The van der Waals surface area contributed by atoms with Crippen molar-refractivity contribution in [3.05, 3.63) is 66.0 Å². The summed E-state index contributed by atoms with van der Waals surface area (Å²) in [5.74, 6) is -0.640. The highest BCUT2D eigenvalue weighted by Crippen LogP contribution is 2.17. The molecule has 22 heavy (non-hydrogen) atoms. The highest BCUT2D eigenvalue weighted by Gasteiger charge is 2.08. The topological polar surface area (TPSA) is 58.2 Å². The number of benzene rings is 2. The fourth-order valence-electron chi connectivity index (χ4n) is 1.66. The fraction of sp³-hybridized carbons (Fsp3) is 0.125. The van der Waals surface area contributed by atoms with Crippen LogP contribution in [0.15, 0.2) is 59.5 Å². The van der Waals surface area contributed by atoms with Crippen molar-refractivity contribution in [3.8, 4) is 0 Å². The minimum Gasteiger partial charge on any atom is -0.334 e. The molecule has 4 nitrogen and oxygen atoms in total. The molecule has 0 atom stereocenters. The number of rotatable bonds is 5. The van der Waals surface area contributed by atoms with E-state index in [1.165, 1.54) is 23.9 Å². The molecule has 0 aliphatic carbocycles. The third kappa shape index (κ3) is 5.57. The lowest BCUT2D eigenvalue weighted by Crippen LogP contribution is -2.39. The van der Waals surface area contributed by atoms with Gasteiger partial charge in [0.05, 0.1) is 5.75 Å². The van der Waals surface area contributed by atoms with E-state index in [9.17, 15) is 14.0 Å². The number of imide groups is 1. The molecule has 0 bridgehead atoms. The highest BCUT2D eigenvalue weighted by atomic mass is 32.2. The van der Waals surface area contributed by atoms with E-state index < -0.39 is 11.9 Å². The number of urea groups is 1. The molecular formula is C16H15FN2O2S. The normalized spacial score (nSPS) is 10.0. The van der Waals surface area contributed by atoms with E-state index in [1.54, 1.807) is 12.1 Å². The first kappa shape index (κ1) is 16.0. The van der Waals surface area contributed by atoms with Crippen molar-refractivity contribution in [3.63, 3.8) is 0 Å². The number of hydrogen-bond donors (Lipinski definition) is 2. The molecule has 2 N–H and O–H groups in total. The molecule has 2 aromatic rings. The molecule has 0 saturated heterocycles. The Kier molecular flexibility index (Phi) is 5.97. The predicted molar refractivity (Wildman–Crippen MR) is 83.9 cm³/mol. The number of amides is 3. The molecule has 0 unspecified atom stereocenters. The number of hydrogen-bond acceptors (Lipinski definition) is 3. The number of nitrogens with one attached hydrogen (secondary N) is 2. The molecule has 2 rings (SSSR count). The van der Waals surface area contributed by atoms with Crippen LogP contribution in [-0.4, -0.2) is 17.7 Å². The van der Waals surface area contributed by atoms with Gasteiger partial charge in [0.15, 0.2) is 0 Å². The zero-order chi connectivity index (χ0) is 15.8. The molecular weight excluding hydrogens is 303 g/mol. The lowest BCUT2D eigenvalue weighted by atomic mass is 10.2. The summed E-state index contributed by atoms with van der Waals surface area (Å²) in [5, 5.41) is 4.85. The van der Waals surface area contributed by atoms with Crippen LogP contribution in [0.5, 0.6) is 0 Å². The Morgan fingerprint density at radius 2 is 1.68 bits per heavy atom. The van der Waals surface area contributed by atoms with Gasteiger partial charge in [0.25, 0.3) is 0 Å². The van der Waals surface area contributed by atoms with Gasteiger partial charge in [-0.15, -0.1) is 11.8 Å². The Morgan fingerprint density at radius 1 is 1.00 bits per heavy atom. The number of thioether (sulfide) groups is 1. The number of carbonyl (C=O) groups is 2. The molecule has 0 aliphatic rings. The van der Waals surface area contributed by atoms with Crippen molar-refractivity contribution >= 4 is 23.7 Å². The smallest absolute Gasteiger partial charge is 0.321 e. The summed E-state index contributed by atoms with van der Waals surface area (Å²) >= 11 is 1.23. The van der Waals surface area contributed by atoms with Crippen LogP contribution >= 0.6 is 11.8 Å². The third-order valence-electron chi connectivity index (χ3n) is 2.73. The molecule has 2 aromatic carbocycles. The first-order valence-corrected chi connectivity index (χ1v) is 7.62. The largest absolute Gasteiger partial charge is 0.334 e. The van der Waals surface area contributed by atoms with E-state index in [-0.39, 0.29) is 11.6 Å². The highest BCUT2D eigenvalue weighted by molar-refractivity contribution is 8.00. The number of carbonyl (C=O) groups excluding carboxylic acids is 2.